The number of urea groups is 1. The van der Waals surface area contributed by atoms with Gasteiger partial charge in [0.15, 0.2) is 0 Å². The van der Waals surface area contributed by atoms with Crippen LogP contribution in [0.25, 0.3) is 5.70 Å². The molecule has 7 heteroatoms. The normalized spacial score (nSPS) is 16.7. The van der Waals surface area contributed by atoms with Crippen LogP contribution < -0.4 is 10.6 Å². The first-order valence-corrected chi connectivity index (χ1v) is 8.83. The zero-order valence-corrected chi connectivity index (χ0v) is 15.5. The number of phenols is 1. The summed E-state index contributed by atoms with van der Waals surface area (Å²) in [7, 11) is 0. The highest BCUT2D eigenvalue weighted by atomic mass is 79.9. The molecule has 0 bridgehead atoms. The number of benzene rings is 2. The van der Waals surface area contributed by atoms with Gasteiger partial charge < -0.3 is 20.5 Å². The van der Waals surface area contributed by atoms with E-state index >= 15 is 0 Å². The van der Waals surface area contributed by atoms with Crippen molar-refractivity contribution in [2.24, 2.45) is 0 Å². The van der Waals surface area contributed by atoms with E-state index in [1.54, 1.807) is 25.1 Å². The van der Waals surface area contributed by atoms with Gasteiger partial charge in [0.05, 0.1) is 23.9 Å². The molecule has 2 aromatic rings. The number of rotatable bonds is 4. The molecule has 0 spiro atoms. The first-order valence-electron chi connectivity index (χ1n) is 8.04. The smallest absolute Gasteiger partial charge is 0.338 e. The van der Waals surface area contributed by atoms with Crippen molar-refractivity contribution in [2.45, 2.75) is 13.0 Å². The number of amides is 2. The van der Waals surface area contributed by atoms with Gasteiger partial charge in [0.1, 0.15) is 5.75 Å². The molecular formula is C19H17BrN2O4. The fourth-order valence-electron chi connectivity index (χ4n) is 2.81. The van der Waals surface area contributed by atoms with Crippen LogP contribution in [0.2, 0.25) is 0 Å². The van der Waals surface area contributed by atoms with Gasteiger partial charge in [0.25, 0.3) is 0 Å². The van der Waals surface area contributed by atoms with E-state index in [-0.39, 0.29) is 17.9 Å². The molecule has 26 heavy (non-hydrogen) atoms. The molecule has 0 unspecified atom stereocenters. The molecule has 0 radical (unpaired) electrons. The second kappa shape index (κ2) is 7.61. The highest BCUT2D eigenvalue weighted by molar-refractivity contribution is 9.10. The van der Waals surface area contributed by atoms with Crippen LogP contribution >= 0.6 is 15.9 Å². The van der Waals surface area contributed by atoms with Crippen LogP contribution in [0, 0.1) is 0 Å². The summed E-state index contributed by atoms with van der Waals surface area (Å²) >= 11 is 3.42. The topological polar surface area (TPSA) is 87.7 Å². The van der Waals surface area contributed by atoms with Gasteiger partial charge in [-0.25, -0.2) is 9.59 Å². The number of aromatic hydroxyl groups is 1. The van der Waals surface area contributed by atoms with Crippen molar-refractivity contribution >= 4 is 33.6 Å². The van der Waals surface area contributed by atoms with E-state index in [1.807, 2.05) is 18.2 Å². The quantitative estimate of drug-likeness (QED) is 0.665. The highest BCUT2D eigenvalue weighted by Crippen LogP contribution is 2.36. The number of carbonyl (C=O) groups is 2. The summed E-state index contributed by atoms with van der Waals surface area (Å²) in [4.78, 5) is 25.0. The van der Waals surface area contributed by atoms with Crippen LogP contribution in [0.5, 0.6) is 5.75 Å². The first-order chi connectivity index (χ1) is 12.5. The summed E-state index contributed by atoms with van der Waals surface area (Å²) in [6.45, 7) is 1.92. The summed E-state index contributed by atoms with van der Waals surface area (Å²) < 4.78 is 5.87. The van der Waals surface area contributed by atoms with Crippen molar-refractivity contribution in [1.82, 2.24) is 10.6 Å². The lowest BCUT2D eigenvalue weighted by Crippen LogP contribution is -2.45. The van der Waals surface area contributed by atoms with Gasteiger partial charge in [-0.1, -0.05) is 46.3 Å². The number of esters is 1. The standard InChI is InChI=1S/C19H17BrN2O4/c1-2-26-18(24)15-16(11-6-4-3-5-7-11)21-19(25)22-17(15)13-10-12(23)8-9-14(13)20/h3-10,17,23H,2H2,1H3,(H2,21,22,25)/t17-/m0/s1. The third-order valence-electron chi connectivity index (χ3n) is 3.92. The molecule has 0 fully saturated rings. The zero-order chi connectivity index (χ0) is 18.7. The van der Waals surface area contributed by atoms with Gasteiger partial charge in [0, 0.05) is 4.47 Å². The summed E-state index contributed by atoms with van der Waals surface area (Å²) in [5.74, 6) is -0.514. The number of phenolic OH excluding ortho intramolecular Hbond substituents is 1. The van der Waals surface area contributed by atoms with Crippen molar-refractivity contribution in [3.63, 3.8) is 0 Å². The van der Waals surface area contributed by atoms with E-state index in [9.17, 15) is 14.7 Å². The van der Waals surface area contributed by atoms with Gasteiger partial charge >= 0.3 is 12.0 Å². The lowest BCUT2D eigenvalue weighted by molar-refractivity contribution is -0.138. The Morgan fingerprint density at radius 1 is 1.23 bits per heavy atom. The molecule has 1 atom stereocenters. The number of carbonyl (C=O) groups excluding carboxylic acids is 2. The molecule has 6 nitrogen and oxygen atoms in total. The lowest BCUT2D eigenvalue weighted by Gasteiger charge is -2.30. The Morgan fingerprint density at radius 2 is 1.96 bits per heavy atom. The van der Waals surface area contributed by atoms with Crippen molar-refractivity contribution < 1.29 is 19.4 Å². The van der Waals surface area contributed by atoms with Crippen LogP contribution in [0.3, 0.4) is 0 Å². The molecule has 0 saturated heterocycles. The molecule has 134 valence electrons. The molecule has 0 saturated carbocycles. The molecule has 3 rings (SSSR count). The van der Waals surface area contributed by atoms with E-state index in [4.69, 9.17) is 4.74 Å². The summed E-state index contributed by atoms with van der Waals surface area (Å²) in [5.41, 5.74) is 1.89. The molecule has 1 aliphatic heterocycles. The third-order valence-corrected chi connectivity index (χ3v) is 4.64. The average Bonchev–Trinajstić information content (AvgIpc) is 2.64. The SMILES string of the molecule is CCOC(=O)C1=C(c2ccccc2)NC(=O)N[C@H]1c1cc(O)ccc1Br. The molecule has 0 aromatic heterocycles. The largest absolute Gasteiger partial charge is 0.508 e. The maximum absolute atomic E-state index is 12.7. The molecule has 2 aromatic carbocycles. The van der Waals surface area contributed by atoms with Gasteiger partial charge in [-0.2, -0.15) is 0 Å². The number of ether oxygens (including phenoxy) is 1. The Morgan fingerprint density at radius 3 is 2.65 bits per heavy atom. The second-order valence-electron chi connectivity index (χ2n) is 5.61. The average molecular weight is 417 g/mol. The maximum Gasteiger partial charge on any atom is 0.338 e. The van der Waals surface area contributed by atoms with Crippen LogP contribution in [0.15, 0.2) is 58.6 Å². The van der Waals surface area contributed by atoms with Gasteiger partial charge in [-0.15, -0.1) is 0 Å². The third kappa shape index (κ3) is 3.57. The molecule has 0 aliphatic carbocycles. The second-order valence-corrected chi connectivity index (χ2v) is 6.47. The van der Waals surface area contributed by atoms with Crippen LogP contribution in [0.4, 0.5) is 4.79 Å². The Kier molecular flexibility index (Phi) is 5.27. The van der Waals surface area contributed by atoms with Crippen LogP contribution in [-0.2, 0) is 9.53 Å². The van der Waals surface area contributed by atoms with Crippen LogP contribution in [-0.4, -0.2) is 23.7 Å². The van der Waals surface area contributed by atoms with Crippen molar-refractivity contribution in [2.75, 3.05) is 6.61 Å². The number of hydrogen-bond acceptors (Lipinski definition) is 4. The van der Waals surface area contributed by atoms with E-state index in [1.165, 1.54) is 12.1 Å². The van der Waals surface area contributed by atoms with E-state index in [0.29, 0.717) is 21.3 Å². The summed E-state index contributed by atoms with van der Waals surface area (Å²) in [6.07, 6.45) is 0. The van der Waals surface area contributed by atoms with Gasteiger partial charge in [-0.3, -0.25) is 0 Å². The molecule has 2 amide bonds. The Hall–Kier alpha value is -2.80. The minimum atomic E-state index is -0.778. The Bertz CT molecular complexity index is 880. The summed E-state index contributed by atoms with van der Waals surface area (Å²) in [5, 5.41) is 15.3. The van der Waals surface area contributed by atoms with Crippen molar-refractivity contribution in [1.29, 1.82) is 0 Å². The predicted molar refractivity (Wildman–Crippen MR) is 100 cm³/mol. The predicted octanol–water partition coefficient (Wildman–Crippen LogP) is 3.48. The zero-order valence-electron chi connectivity index (χ0n) is 14.0. The Labute approximate surface area is 159 Å². The lowest BCUT2D eigenvalue weighted by atomic mass is 9.92. The molecule has 1 aliphatic rings. The summed E-state index contributed by atoms with van der Waals surface area (Å²) in [6, 6.07) is 12.5. The van der Waals surface area contributed by atoms with Gasteiger partial charge in [-0.05, 0) is 36.2 Å². The first kappa shape index (κ1) is 18.0. The Balaban J connectivity index is 2.22. The molecular weight excluding hydrogens is 400 g/mol. The van der Waals surface area contributed by atoms with E-state index in [0.717, 1.165) is 0 Å². The number of nitrogens with one attached hydrogen (secondary N) is 2. The number of hydrogen-bond donors (Lipinski definition) is 3. The van der Waals surface area contributed by atoms with Crippen molar-refractivity contribution in [3.05, 3.63) is 69.7 Å². The van der Waals surface area contributed by atoms with Gasteiger partial charge in [0.2, 0.25) is 0 Å². The van der Waals surface area contributed by atoms with Crippen molar-refractivity contribution in [3.8, 4) is 5.75 Å². The monoisotopic (exact) mass is 416 g/mol. The fourth-order valence-corrected chi connectivity index (χ4v) is 3.29. The van der Waals surface area contributed by atoms with E-state index in [2.05, 4.69) is 26.6 Å². The van der Waals surface area contributed by atoms with E-state index < -0.39 is 18.0 Å². The maximum atomic E-state index is 12.7. The van der Waals surface area contributed by atoms with Crippen LogP contribution in [0.1, 0.15) is 24.1 Å². The fraction of sp³-hybridized carbons (Fsp3) is 0.158. The minimum absolute atomic E-state index is 0.0282. The molecule has 3 N–H and O–H groups in total. The highest BCUT2D eigenvalue weighted by Gasteiger charge is 2.35. The molecule has 1 heterocycles. The minimum Gasteiger partial charge on any atom is -0.508 e. The number of halogens is 1.